The number of benzene rings is 1. The number of nitrogens with zero attached hydrogens (tertiary/aromatic N) is 3. The second kappa shape index (κ2) is 6.26. The van der Waals surface area contributed by atoms with Crippen LogP contribution < -0.4 is 5.32 Å². The van der Waals surface area contributed by atoms with Crippen LogP contribution in [0.5, 0.6) is 0 Å². The largest absolute Gasteiger partial charge is 0.311 e. The maximum Gasteiger partial charge on any atom is 0.186 e. The number of carbonyl (C=O) groups excluding carboxylic acids is 1. The zero-order chi connectivity index (χ0) is 18.4. The van der Waals surface area contributed by atoms with Crippen LogP contribution in [0.25, 0.3) is 0 Å². The number of Topliss-reactive ketones (excluding diaryl/α,β-unsaturated/α-hetero) is 1. The molecule has 1 N–H and O–H groups in total. The van der Waals surface area contributed by atoms with Gasteiger partial charge in [0.1, 0.15) is 5.54 Å². The molecule has 0 radical (unpaired) electrons. The van der Waals surface area contributed by atoms with Crippen molar-refractivity contribution < 1.29 is 4.79 Å². The highest BCUT2D eigenvalue weighted by Crippen LogP contribution is 2.51. The summed E-state index contributed by atoms with van der Waals surface area (Å²) in [6.07, 6.45) is 5.93. The van der Waals surface area contributed by atoms with Gasteiger partial charge in [0, 0.05) is 36.5 Å². The van der Waals surface area contributed by atoms with E-state index in [1.807, 2.05) is 30.5 Å². The Morgan fingerprint density at radius 2 is 2.04 bits per heavy atom. The maximum atomic E-state index is 14.1. The molecule has 0 spiro atoms. The fraction of sp³-hybridized carbons (Fsp3) is 0.409. The zero-order valence-electron chi connectivity index (χ0n) is 15.1. The highest BCUT2D eigenvalue weighted by Gasteiger charge is 2.65. The fourth-order valence-corrected chi connectivity index (χ4v) is 5.71. The van der Waals surface area contributed by atoms with Gasteiger partial charge in [0.25, 0.3) is 0 Å². The molecule has 2 aromatic rings. The lowest BCUT2D eigenvalue weighted by Crippen LogP contribution is -2.72. The molecule has 4 fully saturated rings. The summed E-state index contributed by atoms with van der Waals surface area (Å²) in [7, 11) is 0. The van der Waals surface area contributed by atoms with E-state index in [-0.39, 0.29) is 17.7 Å². The van der Waals surface area contributed by atoms with Crippen molar-refractivity contribution in [2.24, 2.45) is 5.92 Å². The summed E-state index contributed by atoms with van der Waals surface area (Å²) >= 11 is 0. The van der Waals surface area contributed by atoms with Gasteiger partial charge in [-0.2, -0.15) is 5.26 Å². The molecule has 0 aliphatic carbocycles. The Kier molecular flexibility index (Phi) is 3.85. The number of pyridine rings is 1. The van der Waals surface area contributed by atoms with E-state index in [0.29, 0.717) is 17.0 Å². The van der Waals surface area contributed by atoms with E-state index < -0.39 is 5.54 Å². The first-order chi connectivity index (χ1) is 13.3. The lowest BCUT2D eigenvalue weighted by molar-refractivity contribution is -0.0313. The van der Waals surface area contributed by atoms with Crippen molar-refractivity contribution in [1.29, 1.82) is 5.26 Å². The van der Waals surface area contributed by atoms with Crippen LogP contribution >= 0.6 is 0 Å². The molecule has 0 saturated carbocycles. The van der Waals surface area contributed by atoms with Crippen molar-refractivity contribution in [2.45, 2.75) is 30.3 Å². The van der Waals surface area contributed by atoms with Crippen LogP contribution in [0, 0.1) is 17.2 Å². The second-order valence-corrected chi connectivity index (χ2v) is 7.86. The van der Waals surface area contributed by atoms with Gasteiger partial charge >= 0.3 is 0 Å². The molecule has 5 nitrogen and oxygen atoms in total. The van der Waals surface area contributed by atoms with Crippen LogP contribution in [-0.2, 0) is 0 Å². The van der Waals surface area contributed by atoms with Gasteiger partial charge < -0.3 is 5.32 Å². The second-order valence-electron chi connectivity index (χ2n) is 7.86. The van der Waals surface area contributed by atoms with E-state index in [9.17, 15) is 10.1 Å². The molecule has 5 heterocycles. The minimum Gasteiger partial charge on any atom is -0.311 e. The highest BCUT2D eigenvalue weighted by molar-refractivity contribution is 6.07. The molecule has 4 aliphatic rings. The molecule has 27 heavy (non-hydrogen) atoms. The van der Waals surface area contributed by atoms with Crippen LogP contribution in [0.15, 0.2) is 48.8 Å². The molecule has 136 valence electrons. The van der Waals surface area contributed by atoms with Gasteiger partial charge in [-0.25, -0.2) is 0 Å². The number of hydrogen-bond acceptors (Lipinski definition) is 5. The number of nitrogens with one attached hydrogen (secondary N) is 1. The maximum absolute atomic E-state index is 14.1. The smallest absolute Gasteiger partial charge is 0.186 e. The highest BCUT2D eigenvalue weighted by atomic mass is 16.1. The zero-order valence-corrected chi connectivity index (χ0v) is 15.1. The van der Waals surface area contributed by atoms with Crippen molar-refractivity contribution in [3.63, 3.8) is 0 Å². The molecule has 1 aromatic heterocycles. The van der Waals surface area contributed by atoms with Gasteiger partial charge in [0.15, 0.2) is 5.78 Å². The first-order valence-corrected chi connectivity index (χ1v) is 9.69. The van der Waals surface area contributed by atoms with E-state index in [4.69, 9.17) is 0 Å². The molecule has 4 aliphatic heterocycles. The Morgan fingerprint density at radius 1 is 1.22 bits per heavy atom. The molecule has 2 bridgehead atoms. The number of hydrogen-bond donors (Lipinski definition) is 1. The van der Waals surface area contributed by atoms with Gasteiger partial charge in [-0.1, -0.05) is 18.2 Å². The molecule has 1 aromatic carbocycles. The monoisotopic (exact) mass is 358 g/mol. The minimum atomic E-state index is -0.628. The van der Waals surface area contributed by atoms with Crippen molar-refractivity contribution in [2.75, 3.05) is 19.6 Å². The average molecular weight is 358 g/mol. The van der Waals surface area contributed by atoms with Crippen molar-refractivity contribution in [1.82, 2.24) is 15.2 Å². The van der Waals surface area contributed by atoms with Crippen LogP contribution in [0.1, 0.15) is 40.2 Å². The number of ketones is 1. The molecule has 0 amide bonds. The Morgan fingerprint density at radius 3 is 2.78 bits per heavy atom. The van der Waals surface area contributed by atoms with Crippen LogP contribution in [-0.4, -0.2) is 46.9 Å². The predicted molar refractivity (Wildman–Crippen MR) is 101 cm³/mol. The first kappa shape index (κ1) is 16.6. The Hall–Kier alpha value is -2.55. The van der Waals surface area contributed by atoms with Gasteiger partial charge in [0.2, 0.25) is 0 Å². The molecular formula is C22H22N4O. The SMILES string of the molecule is N#Cc1ccccc1C(=O)C12C(c3cccnc3)CNC1C1CCN2CC1. The Balaban J connectivity index is 1.70. The third-order valence-corrected chi connectivity index (χ3v) is 6.82. The third kappa shape index (κ3) is 2.24. The lowest BCUT2D eigenvalue weighted by atomic mass is 9.62. The van der Waals surface area contributed by atoms with Crippen LogP contribution in [0.3, 0.4) is 0 Å². The molecule has 3 unspecified atom stereocenters. The first-order valence-electron chi connectivity index (χ1n) is 9.69. The van der Waals surface area contributed by atoms with Crippen LogP contribution in [0.4, 0.5) is 0 Å². The van der Waals surface area contributed by atoms with Crippen molar-refractivity contribution >= 4 is 5.78 Å². The van der Waals surface area contributed by atoms with E-state index in [1.165, 1.54) is 0 Å². The van der Waals surface area contributed by atoms with Gasteiger partial charge in [-0.05, 0) is 55.6 Å². The normalized spacial score (nSPS) is 34.0. The van der Waals surface area contributed by atoms with Crippen molar-refractivity contribution in [3.05, 3.63) is 65.5 Å². The van der Waals surface area contributed by atoms with Gasteiger partial charge in [-0.15, -0.1) is 0 Å². The summed E-state index contributed by atoms with van der Waals surface area (Å²) in [6.45, 7) is 2.66. The molecule has 5 heteroatoms. The molecule has 6 rings (SSSR count). The number of fused-ring (bicyclic) bond motifs is 2. The summed E-state index contributed by atoms with van der Waals surface area (Å²) in [5.74, 6) is 0.640. The van der Waals surface area contributed by atoms with Crippen molar-refractivity contribution in [3.8, 4) is 6.07 Å². The topological polar surface area (TPSA) is 69.0 Å². The molecule has 4 saturated heterocycles. The van der Waals surface area contributed by atoms with Gasteiger partial charge in [0.05, 0.1) is 11.6 Å². The van der Waals surface area contributed by atoms with E-state index in [0.717, 1.165) is 38.0 Å². The summed E-state index contributed by atoms with van der Waals surface area (Å²) in [5, 5.41) is 13.3. The van der Waals surface area contributed by atoms with E-state index >= 15 is 0 Å². The number of carbonyl (C=O) groups is 1. The summed E-state index contributed by atoms with van der Waals surface area (Å²) in [5.41, 5.74) is 1.49. The predicted octanol–water partition coefficient (Wildman–Crippen LogP) is 2.36. The van der Waals surface area contributed by atoms with E-state index in [1.54, 1.807) is 12.3 Å². The summed E-state index contributed by atoms with van der Waals surface area (Å²) < 4.78 is 0. The number of rotatable bonds is 3. The van der Waals surface area contributed by atoms with Gasteiger partial charge in [-0.3, -0.25) is 14.7 Å². The quantitative estimate of drug-likeness (QED) is 0.853. The summed E-state index contributed by atoms with van der Waals surface area (Å²) in [4.78, 5) is 20.8. The summed E-state index contributed by atoms with van der Waals surface area (Å²) in [6, 6.07) is 13.6. The number of piperidine rings is 3. The fourth-order valence-electron chi connectivity index (χ4n) is 5.71. The average Bonchev–Trinajstić information content (AvgIpc) is 3.18. The molecular weight excluding hydrogens is 336 g/mol. The number of aromatic nitrogens is 1. The van der Waals surface area contributed by atoms with Crippen LogP contribution in [0.2, 0.25) is 0 Å². The van der Waals surface area contributed by atoms with E-state index in [2.05, 4.69) is 27.3 Å². The Bertz CT molecular complexity index is 913. The third-order valence-electron chi connectivity index (χ3n) is 6.82. The number of nitriles is 1. The Labute approximate surface area is 159 Å². The minimum absolute atomic E-state index is 0.0403. The lowest BCUT2D eigenvalue weighted by Gasteiger charge is -2.57. The standard InChI is InChI=1S/C22H22N4O/c23-12-16-4-1-2-6-18(16)21(27)22-19(17-5-3-9-24-13-17)14-25-20(22)15-7-10-26(22)11-8-15/h1-6,9,13,15,19-20,25H,7-8,10-11,14H2. The molecule has 3 atom stereocenters.